The van der Waals surface area contributed by atoms with Crippen LogP contribution in [0, 0.1) is 6.92 Å². The van der Waals surface area contributed by atoms with Gasteiger partial charge in [-0.2, -0.15) is 17.5 Å². The standard InChI is InChI=1S/C20H21F3N2O3S2/c1-14-6-7-16(29-2)13-18(14)19(26)24-8-10-25(11-9-24)30(27,28)17-5-3-4-15(12-17)20(21,22)23/h3-7,12-13H,8-11H2,1-2H3. The van der Waals surface area contributed by atoms with Crippen molar-refractivity contribution in [3.8, 4) is 0 Å². The number of amides is 1. The molecule has 1 fully saturated rings. The van der Waals surface area contributed by atoms with Crippen LogP contribution >= 0.6 is 11.8 Å². The smallest absolute Gasteiger partial charge is 0.336 e. The first kappa shape index (κ1) is 22.6. The molecule has 0 aliphatic carbocycles. The molecule has 0 radical (unpaired) electrons. The lowest BCUT2D eigenvalue weighted by molar-refractivity contribution is -0.137. The van der Waals surface area contributed by atoms with Crippen molar-refractivity contribution < 1.29 is 26.4 Å². The molecule has 10 heteroatoms. The minimum Gasteiger partial charge on any atom is -0.336 e. The van der Waals surface area contributed by atoms with E-state index in [9.17, 15) is 26.4 Å². The Morgan fingerprint density at radius 3 is 2.30 bits per heavy atom. The van der Waals surface area contributed by atoms with Gasteiger partial charge in [-0.05, 0) is 49.1 Å². The van der Waals surface area contributed by atoms with Gasteiger partial charge in [-0.1, -0.05) is 12.1 Å². The van der Waals surface area contributed by atoms with E-state index in [1.54, 1.807) is 4.90 Å². The second kappa shape index (κ2) is 8.60. The van der Waals surface area contributed by atoms with E-state index in [1.807, 2.05) is 31.4 Å². The summed E-state index contributed by atoms with van der Waals surface area (Å²) in [5.74, 6) is -0.181. The molecule has 162 valence electrons. The first-order valence-electron chi connectivity index (χ1n) is 9.15. The quantitative estimate of drug-likeness (QED) is 0.653. The van der Waals surface area contributed by atoms with Crippen molar-refractivity contribution in [2.75, 3.05) is 32.4 Å². The molecule has 0 N–H and O–H groups in total. The maximum atomic E-state index is 12.9. The monoisotopic (exact) mass is 458 g/mol. The molecule has 1 amide bonds. The van der Waals surface area contributed by atoms with Gasteiger partial charge in [0.2, 0.25) is 10.0 Å². The van der Waals surface area contributed by atoms with E-state index in [0.717, 1.165) is 33.0 Å². The number of halogens is 3. The van der Waals surface area contributed by atoms with Crippen molar-refractivity contribution in [1.29, 1.82) is 0 Å². The fourth-order valence-corrected chi connectivity index (χ4v) is 5.15. The van der Waals surface area contributed by atoms with Gasteiger partial charge in [0, 0.05) is 36.6 Å². The molecule has 3 rings (SSSR count). The van der Waals surface area contributed by atoms with Gasteiger partial charge in [-0.15, -0.1) is 11.8 Å². The lowest BCUT2D eigenvalue weighted by Crippen LogP contribution is -2.50. The number of benzene rings is 2. The summed E-state index contributed by atoms with van der Waals surface area (Å²) in [5.41, 5.74) is 0.384. The van der Waals surface area contributed by atoms with Crippen molar-refractivity contribution in [3.63, 3.8) is 0 Å². The predicted octanol–water partition coefficient (Wildman–Crippen LogP) is 3.88. The lowest BCUT2D eigenvalue weighted by Gasteiger charge is -2.34. The normalized spacial score (nSPS) is 16.0. The molecule has 2 aromatic carbocycles. The number of carbonyl (C=O) groups is 1. The van der Waals surface area contributed by atoms with Gasteiger partial charge in [0.1, 0.15) is 0 Å². The van der Waals surface area contributed by atoms with E-state index in [0.29, 0.717) is 11.6 Å². The molecule has 0 aromatic heterocycles. The Hall–Kier alpha value is -2.04. The molecule has 1 saturated heterocycles. The molecule has 0 unspecified atom stereocenters. The van der Waals surface area contributed by atoms with Gasteiger partial charge < -0.3 is 4.90 Å². The zero-order chi connectivity index (χ0) is 22.1. The first-order valence-corrected chi connectivity index (χ1v) is 11.8. The Morgan fingerprint density at radius 2 is 1.70 bits per heavy atom. The number of sulfonamides is 1. The summed E-state index contributed by atoms with van der Waals surface area (Å²) >= 11 is 1.52. The van der Waals surface area contributed by atoms with Gasteiger partial charge >= 0.3 is 6.18 Å². The summed E-state index contributed by atoms with van der Waals surface area (Å²) in [6.45, 7) is 2.21. The number of hydrogen-bond acceptors (Lipinski definition) is 4. The highest BCUT2D eigenvalue weighted by atomic mass is 32.2. The van der Waals surface area contributed by atoms with Crippen LogP contribution < -0.4 is 0 Å². The number of rotatable bonds is 4. The van der Waals surface area contributed by atoms with Gasteiger partial charge in [0.15, 0.2) is 0 Å². The van der Waals surface area contributed by atoms with E-state index in [1.165, 1.54) is 11.8 Å². The highest BCUT2D eigenvalue weighted by Gasteiger charge is 2.34. The first-order chi connectivity index (χ1) is 14.0. The number of alkyl halides is 3. The van der Waals surface area contributed by atoms with Crippen molar-refractivity contribution in [3.05, 3.63) is 59.2 Å². The average Bonchev–Trinajstić information content (AvgIpc) is 2.73. The summed E-state index contributed by atoms with van der Waals surface area (Å²) in [5, 5.41) is 0. The van der Waals surface area contributed by atoms with Crippen molar-refractivity contribution in [2.24, 2.45) is 0 Å². The molecule has 1 heterocycles. The van der Waals surface area contributed by atoms with Crippen molar-refractivity contribution in [1.82, 2.24) is 9.21 Å². The zero-order valence-electron chi connectivity index (χ0n) is 16.4. The van der Waals surface area contributed by atoms with Crippen LogP contribution in [0.1, 0.15) is 21.5 Å². The van der Waals surface area contributed by atoms with Crippen LogP contribution in [0.2, 0.25) is 0 Å². The highest BCUT2D eigenvalue weighted by Crippen LogP contribution is 2.31. The van der Waals surface area contributed by atoms with Crippen LogP contribution in [-0.2, 0) is 16.2 Å². The molecule has 0 saturated carbocycles. The van der Waals surface area contributed by atoms with E-state index in [-0.39, 0.29) is 32.1 Å². The Labute approximate surface area is 177 Å². The minimum atomic E-state index is -4.63. The summed E-state index contributed by atoms with van der Waals surface area (Å²) < 4.78 is 65.5. The predicted molar refractivity (Wildman–Crippen MR) is 109 cm³/mol. The molecule has 5 nitrogen and oxygen atoms in total. The Morgan fingerprint density at radius 1 is 1.03 bits per heavy atom. The molecule has 1 aliphatic heterocycles. The zero-order valence-corrected chi connectivity index (χ0v) is 18.1. The molecule has 30 heavy (non-hydrogen) atoms. The van der Waals surface area contributed by atoms with Crippen LogP contribution in [0.4, 0.5) is 13.2 Å². The lowest BCUT2D eigenvalue weighted by atomic mass is 10.1. The largest absolute Gasteiger partial charge is 0.416 e. The number of carbonyl (C=O) groups excluding carboxylic acids is 1. The summed E-state index contributed by atoms with van der Waals surface area (Å²) in [7, 11) is -4.09. The number of aryl methyl sites for hydroxylation is 1. The molecule has 0 spiro atoms. The number of piperazine rings is 1. The van der Waals surface area contributed by atoms with Crippen LogP contribution in [0.15, 0.2) is 52.3 Å². The summed E-state index contributed by atoms with van der Waals surface area (Å²) in [4.78, 5) is 15.0. The Balaban J connectivity index is 1.74. The number of nitrogens with zero attached hydrogens (tertiary/aromatic N) is 2. The van der Waals surface area contributed by atoms with Crippen LogP contribution in [0.25, 0.3) is 0 Å². The Bertz CT molecular complexity index is 1050. The van der Waals surface area contributed by atoms with Gasteiger partial charge in [-0.3, -0.25) is 4.79 Å². The van der Waals surface area contributed by atoms with E-state index in [2.05, 4.69) is 0 Å². The third-order valence-electron chi connectivity index (χ3n) is 5.00. The third-order valence-corrected chi connectivity index (χ3v) is 7.62. The third kappa shape index (κ3) is 4.65. The molecule has 0 bridgehead atoms. The summed E-state index contributed by atoms with van der Waals surface area (Å²) in [6.07, 6.45) is -2.71. The summed E-state index contributed by atoms with van der Waals surface area (Å²) in [6, 6.07) is 9.32. The van der Waals surface area contributed by atoms with Crippen LogP contribution in [-0.4, -0.2) is 56.0 Å². The molecule has 0 atom stereocenters. The second-order valence-corrected chi connectivity index (χ2v) is 9.72. The number of thioether (sulfide) groups is 1. The fourth-order valence-electron chi connectivity index (χ4n) is 3.24. The van der Waals surface area contributed by atoms with E-state index >= 15 is 0 Å². The molecular formula is C20H21F3N2O3S2. The molecule has 2 aromatic rings. The van der Waals surface area contributed by atoms with Gasteiger partial charge in [0.05, 0.1) is 10.5 Å². The number of hydrogen-bond donors (Lipinski definition) is 0. The van der Waals surface area contributed by atoms with Crippen molar-refractivity contribution in [2.45, 2.75) is 22.9 Å². The highest BCUT2D eigenvalue weighted by molar-refractivity contribution is 7.98. The van der Waals surface area contributed by atoms with Crippen LogP contribution in [0.3, 0.4) is 0 Å². The Kier molecular flexibility index (Phi) is 6.49. The van der Waals surface area contributed by atoms with Crippen molar-refractivity contribution >= 4 is 27.7 Å². The average molecular weight is 459 g/mol. The van der Waals surface area contributed by atoms with E-state index < -0.39 is 26.7 Å². The maximum Gasteiger partial charge on any atom is 0.416 e. The maximum absolute atomic E-state index is 12.9. The minimum absolute atomic E-state index is 0.0194. The fraction of sp³-hybridized carbons (Fsp3) is 0.350. The molecule has 1 aliphatic rings. The second-order valence-electron chi connectivity index (χ2n) is 6.90. The van der Waals surface area contributed by atoms with Gasteiger partial charge in [-0.25, -0.2) is 8.42 Å². The molecular weight excluding hydrogens is 437 g/mol. The topological polar surface area (TPSA) is 57.7 Å². The van der Waals surface area contributed by atoms with Gasteiger partial charge in [0.25, 0.3) is 5.91 Å². The van der Waals surface area contributed by atoms with E-state index in [4.69, 9.17) is 0 Å². The SMILES string of the molecule is CSc1ccc(C)c(C(=O)N2CCN(S(=O)(=O)c3cccc(C(F)(F)F)c3)CC2)c1. The van der Waals surface area contributed by atoms with Crippen LogP contribution in [0.5, 0.6) is 0 Å².